The highest BCUT2D eigenvalue weighted by molar-refractivity contribution is 7.95. The number of rotatable bonds is 8. The van der Waals surface area contributed by atoms with Crippen molar-refractivity contribution < 1.29 is 19.0 Å². The summed E-state index contributed by atoms with van der Waals surface area (Å²) in [4.78, 5) is 23.2. The average Bonchev–Trinajstić information content (AvgIpc) is 2.80. The summed E-state index contributed by atoms with van der Waals surface area (Å²) in [7, 11) is -3.68. The third-order valence-electron chi connectivity index (χ3n) is 4.36. The summed E-state index contributed by atoms with van der Waals surface area (Å²) >= 11 is 0. The average molecular weight is 437 g/mol. The molecule has 9 heteroatoms. The predicted octanol–water partition coefficient (Wildman–Crippen LogP) is 3.90. The van der Waals surface area contributed by atoms with Crippen LogP contribution in [0.3, 0.4) is 0 Å². The first-order valence-corrected chi connectivity index (χ1v) is 11.1. The molecule has 0 aliphatic carbocycles. The summed E-state index contributed by atoms with van der Waals surface area (Å²) in [5, 5.41) is 15.9. The second kappa shape index (κ2) is 9.82. The maximum absolute atomic E-state index is 14.4. The quantitative estimate of drug-likeness (QED) is 0.188. The van der Waals surface area contributed by atoms with Crippen molar-refractivity contribution in [1.29, 1.82) is 0 Å². The topological polar surface area (TPSA) is 111 Å². The number of benzene rings is 3. The van der Waals surface area contributed by atoms with Gasteiger partial charge in [0.25, 0.3) is 5.69 Å². The van der Waals surface area contributed by atoms with E-state index in [2.05, 4.69) is 10.5 Å². The molecule has 0 fully saturated rings. The Balaban J connectivity index is 2.11. The molecule has 158 valence electrons. The fourth-order valence-corrected chi connectivity index (χ4v) is 5.37. The number of ether oxygens (including phenoxy) is 1. The second-order valence-electron chi connectivity index (χ2n) is 6.35. The zero-order valence-corrected chi connectivity index (χ0v) is 17.6. The molecule has 0 aliphatic rings. The van der Waals surface area contributed by atoms with E-state index in [1.165, 1.54) is 24.3 Å². The number of non-ortho nitro benzene ring substituents is 1. The number of hydrogen-bond donors (Lipinski definition) is 1. The Labute approximate surface area is 179 Å². The number of nitro benzene ring substituents is 1. The largest absolute Gasteiger partial charge is 0.461 e. The molecule has 0 aromatic heterocycles. The van der Waals surface area contributed by atoms with Crippen LogP contribution in [0.1, 0.15) is 6.92 Å². The van der Waals surface area contributed by atoms with Crippen LogP contribution in [0.5, 0.6) is 0 Å². The van der Waals surface area contributed by atoms with Crippen molar-refractivity contribution in [2.24, 2.45) is 5.10 Å². The fourth-order valence-electron chi connectivity index (χ4n) is 2.88. The molecule has 0 radical (unpaired) electrons. The zero-order valence-electron chi connectivity index (χ0n) is 16.7. The molecule has 0 saturated heterocycles. The van der Waals surface area contributed by atoms with Crippen molar-refractivity contribution in [1.82, 2.24) is 0 Å². The number of hydrazone groups is 1. The highest BCUT2D eigenvalue weighted by atomic mass is 31.2. The molecule has 3 aromatic rings. The molecular weight excluding hydrogens is 417 g/mol. The number of carbonyl (C=O) groups excluding carboxylic acids is 1. The number of esters is 1. The Kier molecular flexibility index (Phi) is 6.95. The first-order chi connectivity index (χ1) is 15.0. The van der Waals surface area contributed by atoms with Gasteiger partial charge < -0.3 is 9.30 Å². The smallest absolute Gasteiger partial charge is 0.363 e. The normalized spacial score (nSPS) is 11.6. The summed E-state index contributed by atoms with van der Waals surface area (Å²) in [6.07, 6.45) is 0. The molecule has 0 spiro atoms. The van der Waals surface area contributed by atoms with Gasteiger partial charge in [0.15, 0.2) is 7.14 Å². The van der Waals surface area contributed by atoms with Crippen molar-refractivity contribution >= 4 is 40.5 Å². The molecule has 0 heterocycles. The number of nitro groups is 1. The van der Waals surface area contributed by atoms with Gasteiger partial charge in [-0.25, -0.2) is 4.79 Å². The number of hydrogen-bond acceptors (Lipinski definition) is 7. The predicted molar refractivity (Wildman–Crippen MR) is 121 cm³/mol. The van der Waals surface area contributed by atoms with Crippen molar-refractivity contribution in [3.8, 4) is 0 Å². The molecular formula is C22H20N3O5P. The number of nitrogens with zero attached hydrogens (tertiary/aromatic N) is 2. The summed E-state index contributed by atoms with van der Waals surface area (Å²) < 4.78 is 19.6. The van der Waals surface area contributed by atoms with E-state index in [1.54, 1.807) is 67.6 Å². The number of nitrogens with one attached hydrogen (secondary N) is 1. The van der Waals surface area contributed by atoms with Crippen LogP contribution in [0, 0.1) is 10.1 Å². The lowest BCUT2D eigenvalue weighted by Gasteiger charge is -2.20. The fraction of sp³-hybridized carbons (Fsp3) is 0.0909. The standard InChI is InChI=1S/C22H20N3O5P/c1-2-30-22(26)21(24-23-17-13-15-18(16-14-17)25(27)28)31(29,19-9-5-3-6-10-19)20-11-7-4-8-12-20/h3-16,23H,2H2,1H3/b24-21+. The molecule has 0 amide bonds. The van der Waals surface area contributed by atoms with E-state index in [-0.39, 0.29) is 17.7 Å². The summed E-state index contributed by atoms with van der Waals surface area (Å²) in [5.74, 6) is -0.812. The zero-order chi connectivity index (χ0) is 22.3. The van der Waals surface area contributed by atoms with Crippen molar-refractivity contribution in [3.63, 3.8) is 0 Å². The minimum absolute atomic E-state index is 0.0823. The Bertz CT molecular complexity index is 1090. The van der Waals surface area contributed by atoms with Crippen LogP contribution in [-0.2, 0) is 14.1 Å². The van der Waals surface area contributed by atoms with Gasteiger partial charge in [-0.1, -0.05) is 60.7 Å². The van der Waals surface area contributed by atoms with Crippen molar-refractivity contribution in [3.05, 3.63) is 95.0 Å². The molecule has 3 rings (SSSR count). The molecule has 1 N–H and O–H groups in total. The Morgan fingerprint density at radius 3 is 1.94 bits per heavy atom. The molecule has 0 unspecified atom stereocenters. The van der Waals surface area contributed by atoms with E-state index in [0.29, 0.717) is 16.3 Å². The summed E-state index contributed by atoms with van der Waals surface area (Å²) in [5.41, 5.74) is 2.72. The van der Waals surface area contributed by atoms with Crippen LogP contribution in [0.25, 0.3) is 0 Å². The van der Waals surface area contributed by atoms with Gasteiger partial charge in [-0.2, -0.15) is 5.10 Å². The van der Waals surface area contributed by atoms with Crippen LogP contribution >= 0.6 is 7.14 Å². The van der Waals surface area contributed by atoms with Crippen LogP contribution < -0.4 is 16.0 Å². The summed E-state index contributed by atoms with van der Waals surface area (Å²) in [6, 6.07) is 22.7. The van der Waals surface area contributed by atoms with Gasteiger partial charge in [0.1, 0.15) is 0 Å². The van der Waals surface area contributed by atoms with Crippen LogP contribution in [0.15, 0.2) is 90.0 Å². The van der Waals surface area contributed by atoms with E-state index < -0.39 is 18.0 Å². The van der Waals surface area contributed by atoms with Gasteiger partial charge in [0, 0.05) is 22.7 Å². The number of carbonyl (C=O) groups is 1. The third-order valence-corrected chi connectivity index (χ3v) is 7.29. The highest BCUT2D eigenvalue weighted by Gasteiger charge is 2.39. The lowest BCUT2D eigenvalue weighted by Crippen LogP contribution is -2.30. The third kappa shape index (κ3) is 4.87. The van der Waals surface area contributed by atoms with Gasteiger partial charge in [0.2, 0.25) is 5.45 Å². The van der Waals surface area contributed by atoms with Gasteiger partial charge in [-0.3, -0.25) is 15.5 Å². The van der Waals surface area contributed by atoms with E-state index in [0.717, 1.165) is 0 Å². The van der Waals surface area contributed by atoms with Crippen LogP contribution in [0.4, 0.5) is 11.4 Å². The molecule has 0 atom stereocenters. The van der Waals surface area contributed by atoms with E-state index in [1.807, 2.05) is 0 Å². The molecule has 3 aromatic carbocycles. The first-order valence-electron chi connectivity index (χ1n) is 9.44. The minimum Gasteiger partial charge on any atom is -0.461 e. The maximum atomic E-state index is 14.4. The lowest BCUT2D eigenvalue weighted by molar-refractivity contribution is -0.384. The van der Waals surface area contributed by atoms with Gasteiger partial charge in [-0.15, -0.1) is 0 Å². The maximum Gasteiger partial charge on any atom is 0.363 e. The molecule has 0 bridgehead atoms. The Morgan fingerprint density at radius 2 is 1.48 bits per heavy atom. The van der Waals surface area contributed by atoms with Crippen LogP contribution in [-0.4, -0.2) is 23.0 Å². The highest BCUT2D eigenvalue weighted by Crippen LogP contribution is 2.45. The van der Waals surface area contributed by atoms with Gasteiger partial charge in [-0.05, 0) is 19.1 Å². The molecule has 0 aliphatic heterocycles. The first kappa shape index (κ1) is 21.9. The molecule has 0 saturated carbocycles. The Morgan fingerprint density at radius 1 is 0.968 bits per heavy atom. The molecule has 31 heavy (non-hydrogen) atoms. The van der Waals surface area contributed by atoms with E-state index in [9.17, 15) is 19.5 Å². The second-order valence-corrected chi connectivity index (χ2v) is 9.03. The Hall–Kier alpha value is -3.77. The lowest BCUT2D eigenvalue weighted by atomic mass is 10.3. The summed E-state index contributed by atoms with van der Waals surface area (Å²) in [6.45, 7) is 1.73. The number of anilines is 1. The van der Waals surface area contributed by atoms with E-state index in [4.69, 9.17) is 4.74 Å². The molecule has 8 nitrogen and oxygen atoms in total. The van der Waals surface area contributed by atoms with Gasteiger partial charge in [0.05, 0.1) is 17.2 Å². The monoisotopic (exact) mass is 437 g/mol. The van der Waals surface area contributed by atoms with Crippen molar-refractivity contribution in [2.45, 2.75) is 6.92 Å². The van der Waals surface area contributed by atoms with Crippen LogP contribution in [0.2, 0.25) is 0 Å². The SMILES string of the molecule is CCOC(=O)/C(=N\Nc1ccc([N+](=O)[O-])cc1)P(=O)(c1ccccc1)c1ccccc1. The van der Waals surface area contributed by atoms with Crippen molar-refractivity contribution in [2.75, 3.05) is 12.0 Å². The van der Waals surface area contributed by atoms with E-state index >= 15 is 0 Å². The minimum atomic E-state index is -3.68. The van der Waals surface area contributed by atoms with Gasteiger partial charge >= 0.3 is 5.97 Å².